The van der Waals surface area contributed by atoms with Crippen molar-refractivity contribution < 1.29 is 5.11 Å². The third-order valence-electron chi connectivity index (χ3n) is 1.54. The Hall–Kier alpha value is -0.600. The second kappa shape index (κ2) is 3.42. The molecular weight excluding hydrogens is 265 g/mol. The molecule has 0 spiro atoms. The second-order valence-electron chi connectivity index (χ2n) is 2.61. The van der Waals surface area contributed by atoms with Crippen molar-refractivity contribution in [3.63, 3.8) is 0 Å². The van der Waals surface area contributed by atoms with Gasteiger partial charge in [-0.25, -0.2) is 0 Å². The molecule has 1 rings (SSSR count). The maximum absolute atomic E-state index is 9.64. The van der Waals surface area contributed by atoms with Crippen molar-refractivity contribution in [1.29, 1.82) is 5.26 Å². The Labute approximate surface area is 85.0 Å². The van der Waals surface area contributed by atoms with Gasteiger partial charge in [-0.2, -0.15) is 5.26 Å². The average molecular weight is 273 g/mol. The maximum Gasteiger partial charge on any atom is 0.139 e. The molecule has 0 aliphatic carbocycles. The van der Waals surface area contributed by atoms with Crippen LogP contribution in [0.15, 0.2) is 24.3 Å². The van der Waals surface area contributed by atoms with Gasteiger partial charge in [0, 0.05) is 5.56 Å². The minimum Gasteiger partial charge on any atom is -0.376 e. The lowest BCUT2D eigenvalue weighted by Crippen LogP contribution is -2.12. The first-order valence-corrected chi connectivity index (χ1v) is 4.54. The van der Waals surface area contributed by atoms with Gasteiger partial charge in [0.2, 0.25) is 0 Å². The Kier molecular flexibility index (Phi) is 2.70. The van der Waals surface area contributed by atoms with E-state index in [9.17, 15) is 5.11 Å². The number of rotatable bonds is 1. The number of alkyl halides is 1. The molecule has 0 bridgehead atoms. The van der Waals surface area contributed by atoms with Crippen LogP contribution in [0.2, 0.25) is 0 Å². The fourth-order valence-electron chi connectivity index (χ4n) is 0.979. The highest BCUT2D eigenvalue weighted by Crippen LogP contribution is 2.29. The molecule has 0 aliphatic rings. The Balaban J connectivity index is 3.26. The predicted octanol–water partition coefficient (Wildman–Crippen LogP) is 2.16. The Morgan fingerprint density at radius 2 is 2.08 bits per heavy atom. The summed E-state index contributed by atoms with van der Waals surface area (Å²) in [7, 11) is 0. The maximum atomic E-state index is 9.64. The number of hydrogen-bond donors (Lipinski definition) is 1. The summed E-state index contributed by atoms with van der Waals surface area (Å²) >= 11 is 1.90. The fourth-order valence-corrected chi connectivity index (χ4v) is 1.45. The van der Waals surface area contributed by atoms with Gasteiger partial charge < -0.3 is 5.11 Å². The second-order valence-corrected chi connectivity index (χ2v) is 4.71. The van der Waals surface area contributed by atoms with E-state index in [-0.39, 0.29) is 0 Å². The summed E-state index contributed by atoms with van der Waals surface area (Å²) < 4.78 is -0.968. The van der Waals surface area contributed by atoms with Crippen molar-refractivity contribution in [2.45, 2.75) is 10.5 Å². The normalized spacial score (nSPS) is 14.8. The van der Waals surface area contributed by atoms with E-state index >= 15 is 0 Å². The van der Waals surface area contributed by atoms with Crippen LogP contribution in [0.5, 0.6) is 0 Å². The Bertz CT molecular complexity index is 322. The number of benzene rings is 1. The van der Waals surface area contributed by atoms with Crippen LogP contribution in [0.25, 0.3) is 0 Å². The number of nitriles is 1. The SMILES string of the molecule is C[C@@](O)(I)c1ccccc1C#N. The molecular formula is C9H8INO. The van der Waals surface area contributed by atoms with Gasteiger partial charge >= 0.3 is 0 Å². The Morgan fingerprint density at radius 3 is 2.50 bits per heavy atom. The van der Waals surface area contributed by atoms with E-state index in [0.29, 0.717) is 11.1 Å². The topological polar surface area (TPSA) is 44.0 Å². The molecule has 0 amide bonds. The molecule has 1 atom stereocenters. The third-order valence-corrected chi connectivity index (χ3v) is 2.12. The molecule has 1 aromatic carbocycles. The van der Waals surface area contributed by atoms with Crippen LogP contribution in [0.3, 0.4) is 0 Å². The van der Waals surface area contributed by atoms with Gasteiger partial charge in [-0.05, 0) is 35.6 Å². The lowest BCUT2D eigenvalue weighted by atomic mass is 10.0. The largest absolute Gasteiger partial charge is 0.376 e. The molecule has 1 N–H and O–H groups in total. The molecule has 0 saturated carbocycles. The number of nitrogens with zero attached hydrogens (tertiary/aromatic N) is 1. The molecule has 62 valence electrons. The fraction of sp³-hybridized carbons (Fsp3) is 0.222. The molecule has 0 heterocycles. The molecule has 2 nitrogen and oxygen atoms in total. The molecule has 0 aromatic heterocycles. The van der Waals surface area contributed by atoms with Crippen molar-refractivity contribution in [1.82, 2.24) is 0 Å². The summed E-state index contributed by atoms with van der Waals surface area (Å²) in [6.07, 6.45) is 0. The highest BCUT2D eigenvalue weighted by Gasteiger charge is 2.20. The summed E-state index contributed by atoms with van der Waals surface area (Å²) in [4.78, 5) is 0. The van der Waals surface area contributed by atoms with Crippen LogP contribution in [0.1, 0.15) is 18.1 Å². The lowest BCUT2D eigenvalue weighted by molar-refractivity contribution is 0.178. The van der Waals surface area contributed by atoms with E-state index in [1.807, 2.05) is 34.7 Å². The summed E-state index contributed by atoms with van der Waals surface area (Å²) in [5.74, 6) is 0. The van der Waals surface area contributed by atoms with Crippen molar-refractivity contribution in [3.8, 4) is 6.07 Å². The monoisotopic (exact) mass is 273 g/mol. The first-order chi connectivity index (χ1) is 5.55. The minimum absolute atomic E-state index is 0.525. The zero-order chi connectivity index (χ0) is 9.19. The molecule has 0 fully saturated rings. The number of halogens is 1. The molecule has 1 aromatic rings. The zero-order valence-electron chi connectivity index (χ0n) is 6.58. The van der Waals surface area contributed by atoms with Gasteiger partial charge in [-0.3, -0.25) is 0 Å². The van der Waals surface area contributed by atoms with Gasteiger partial charge in [0.1, 0.15) is 3.61 Å². The van der Waals surface area contributed by atoms with Gasteiger partial charge in [-0.15, -0.1) is 0 Å². The summed E-state index contributed by atoms with van der Waals surface area (Å²) in [6, 6.07) is 9.08. The standard InChI is InChI=1S/C9H8INO/c1-9(10,12)8-5-3-2-4-7(8)6-11/h2-5,12H,1H3/t9-/m0/s1. The zero-order valence-corrected chi connectivity index (χ0v) is 8.74. The number of hydrogen-bond acceptors (Lipinski definition) is 2. The van der Waals surface area contributed by atoms with Crippen LogP contribution in [0, 0.1) is 11.3 Å². The van der Waals surface area contributed by atoms with Gasteiger partial charge in [0.05, 0.1) is 11.6 Å². The first-order valence-electron chi connectivity index (χ1n) is 3.46. The van der Waals surface area contributed by atoms with E-state index in [4.69, 9.17) is 5.26 Å². The molecule has 0 saturated heterocycles. The van der Waals surface area contributed by atoms with Crippen LogP contribution < -0.4 is 0 Å². The predicted molar refractivity (Wildman–Crippen MR) is 54.7 cm³/mol. The van der Waals surface area contributed by atoms with Gasteiger partial charge in [-0.1, -0.05) is 18.2 Å². The van der Waals surface area contributed by atoms with Crippen molar-refractivity contribution in [2.75, 3.05) is 0 Å². The highest BCUT2D eigenvalue weighted by atomic mass is 127. The van der Waals surface area contributed by atoms with Crippen molar-refractivity contribution in [2.24, 2.45) is 0 Å². The van der Waals surface area contributed by atoms with Gasteiger partial charge in [0.15, 0.2) is 0 Å². The number of aliphatic hydroxyl groups is 1. The van der Waals surface area contributed by atoms with Crippen LogP contribution >= 0.6 is 22.6 Å². The van der Waals surface area contributed by atoms with E-state index in [1.165, 1.54) is 0 Å². The average Bonchev–Trinajstić information content (AvgIpc) is 2.03. The highest BCUT2D eigenvalue weighted by molar-refractivity contribution is 14.1. The molecule has 0 unspecified atom stereocenters. The minimum atomic E-state index is -0.968. The first kappa shape index (κ1) is 9.49. The summed E-state index contributed by atoms with van der Waals surface area (Å²) in [6.45, 7) is 1.66. The van der Waals surface area contributed by atoms with Crippen molar-refractivity contribution in [3.05, 3.63) is 35.4 Å². The molecule has 3 heteroatoms. The van der Waals surface area contributed by atoms with E-state index in [1.54, 1.807) is 25.1 Å². The molecule has 0 radical (unpaired) electrons. The molecule has 0 aliphatic heterocycles. The third kappa shape index (κ3) is 1.96. The van der Waals surface area contributed by atoms with E-state index < -0.39 is 3.61 Å². The quantitative estimate of drug-likeness (QED) is 0.629. The van der Waals surface area contributed by atoms with Gasteiger partial charge in [0.25, 0.3) is 0 Å². The Morgan fingerprint density at radius 1 is 1.50 bits per heavy atom. The van der Waals surface area contributed by atoms with E-state index in [2.05, 4.69) is 0 Å². The summed E-state index contributed by atoms with van der Waals surface area (Å²) in [5, 5.41) is 18.4. The summed E-state index contributed by atoms with van der Waals surface area (Å²) in [5.41, 5.74) is 1.19. The van der Waals surface area contributed by atoms with Crippen molar-refractivity contribution >= 4 is 22.6 Å². The van der Waals surface area contributed by atoms with Crippen LogP contribution in [0.4, 0.5) is 0 Å². The van der Waals surface area contributed by atoms with Crippen LogP contribution in [-0.4, -0.2) is 5.11 Å². The van der Waals surface area contributed by atoms with E-state index in [0.717, 1.165) is 0 Å². The molecule has 12 heavy (non-hydrogen) atoms. The smallest absolute Gasteiger partial charge is 0.139 e. The van der Waals surface area contributed by atoms with Crippen LogP contribution in [-0.2, 0) is 3.61 Å². The lowest BCUT2D eigenvalue weighted by Gasteiger charge is -2.16.